The summed E-state index contributed by atoms with van der Waals surface area (Å²) in [6.07, 6.45) is -0.373. The Bertz CT molecular complexity index is 745. The number of morpholine rings is 1. The van der Waals surface area contributed by atoms with Gasteiger partial charge in [0.05, 0.1) is 36.4 Å². The van der Waals surface area contributed by atoms with E-state index in [2.05, 4.69) is 4.98 Å². The summed E-state index contributed by atoms with van der Waals surface area (Å²) in [7, 11) is 0. The number of aryl methyl sites for hydroxylation is 1. The zero-order valence-corrected chi connectivity index (χ0v) is 13.1. The molecule has 122 valence electrons. The first-order valence-electron chi connectivity index (χ1n) is 7.60. The number of amides is 1. The third-order valence-electron chi connectivity index (χ3n) is 4.10. The van der Waals surface area contributed by atoms with E-state index in [1.165, 1.54) is 12.1 Å². The minimum absolute atomic E-state index is 0.0886. The van der Waals surface area contributed by atoms with Crippen LogP contribution in [0.5, 0.6) is 0 Å². The Morgan fingerprint density at radius 2 is 2.26 bits per heavy atom. The molecule has 1 amide bonds. The van der Waals surface area contributed by atoms with Crippen molar-refractivity contribution in [1.29, 1.82) is 0 Å². The second-order valence-electron chi connectivity index (χ2n) is 5.92. The number of hydrogen-bond acceptors (Lipinski definition) is 4. The van der Waals surface area contributed by atoms with E-state index in [1.807, 2.05) is 6.92 Å². The number of carbonyl (C=O) groups excluding carboxylic acids is 1. The quantitative estimate of drug-likeness (QED) is 0.919. The van der Waals surface area contributed by atoms with Crippen LogP contribution in [0, 0.1) is 12.7 Å². The first kappa shape index (κ1) is 15.8. The van der Waals surface area contributed by atoms with Gasteiger partial charge in [0, 0.05) is 23.7 Å². The normalized spacial score (nSPS) is 21.7. The first-order valence-corrected chi connectivity index (χ1v) is 7.60. The smallest absolute Gasteiger partial charge is 0.255 e. The fraction of sp³-hybridized carbons (Fsp3) is 0.412. The van der Waals surface area contributed by atoms with E-state index in [1.54, 1.807) is 24.0 Å². The van der Waals surface area contributed by atoms with Crippen molar-refractivity contribution in [2.75, 3.05) is 19.8 Å². The first-order chi connectivity index (χ1) is 11.0. The molecule has 2 atom stereocenters. The molecule has 23 heavy (non-hydrogen) atoms. The zero-order valence-electron chi connectivity index (χ0n) is 13.1. The molecule has 1 aromatic carbocycles. The van der Waals surface area contributed by atoms with Crippen LogP contribution in [0.15, 0.2) is 24.3 Å². The summed E-state index contributed by atoms with van der Waals surface area (Å²) >= 11 is 0. The average molecular weight is 318 g/mol. The van der Waals surface area contributed by atoms with Gasteiger partial charge in [-0.3, -0.25) is 9.78 Å². The van der Waals surface area contributed by atoms with Gasteiger partial charge < -0.3 is 14.7 Å². The number of aliphatic hydroxyl groups is 1. The van der Waals surface area contributed by atoms with E-state index in [4.69, 9.17) is 4.74 Å². The largest absolute Gasteiger partial charge is 0.394 e. The van der Waals surface area contributed by atoms with E-state index in [-0.39, 0.29) is 30.5 Å². The molecule has 5 nitrogen and oxygen atoms in total. The van der Waals surface area contributed by atoms with E-state index >= 15 is 0 Å². The summed E-state index contributed by atoms with van der Waals surface area (Å²) in [5.41, 5.74) is 1.62. The Balaban J connectivity index is 2.03. The number of carbonyl (C=O) groups is 1. The predicted molar refractivity (Wildman–Crippen MR) is 83.8 cm³/mol. The summed E-state index contributed by atoms with van der Waals surface area (Å²) in [5.74, 6) is -0.532. The van der Waals surface area contributed by atoms with Crippen molar-refractivity contribution in [2.24, 2.45) is 0 Å². The minimum Gasteiger partial charge on any atom is -0.394 e. The number of aliphatic hydroxyl groups excluding tert-OH is 1. The number of nitrogens with zero attached hydrogens (tertiary/aromatic N) is 2. The molecule has 2 heterocycles. The molecule has 1 saturated heterocycles. The highest BCUT2D eigenvalue weighted by atomic mass is 19.1. The molecule has 1 N–H and O–H groups in total. The highest BCUT2D eigenvalue weighted by Gasteiger charge is 2.30. The number of benzene rings is 1. The van der Waals surface area contributed by atoms with E-state index in [9.17, 15) is 14.3 Å². The van der Waals surface area contributed by atoms with Crippen LogP contribution in [0.1, 0.15) is 23.0 Å². The Morgan fingerprint density at radius 3 is 3.00 bits per heavy atom. The number of rotatable bonds is 2. The van der Waals surface area contributed by atoms with Gasteiger partial charge >= 0.3 is 0 Å². The highest BCUT2D eigenvalue weighted by Crippen LogP contribution is 2.23. The van der Waals surface area contributed by atoms with E-state index in [0.717, 1.165) is 0 Å². The average Bonchev–Trinajstić information content (AvgIpc) is 2.53. The Morgan fingerprint density at radius 1 is 1.48 bits per heavy atom. The molecular formula is C17H19FN2O3. The summed E-state index contributed by atoms with van der Waals surface area (Å²) < 4.78 is 18.9. The molecule has 0 radical (unpaired) electrons. The number of pyridine rings is 1. The van der Waals surface area contributed by atoms with Gasteiger partial charge in [0.1, 0.15) is 5.82 Å². The standard InChI is InChI=1S/C17H19FN2O3/c1-10-5-15(14-4-3-12(18)6-16(14)19-10)17(22)20-7-13(8-21)23-9-11(20)2/h3-6,11,13,21H,7-9H2,1-2H3. The molecule has 6 heteroatoms. The lowest BCUT2D eigenvalue weighted by atomic mass is 10.0. The molecule has 1 fully saturated rings. The van der Waals surface area contributed by atoms with Crippen molar-refractivity contribution in [3.05, 3.63) is 41.3 Å². The lowest BCUT2D eigenvalue weighted by Gasteiger charge is -2.37. The third-order valence-corrected chi connectivity index (χ3v) is 4.10. The molecule has 0 saturated carbocycles. The molecule has 1 aliphatic heterocycles. The van der Waals surface area contributed by atoms with Crippen LogP contribution >= 0.6 is 0 Å². The van der Waals surface area contributed by atoms with Crippen LogP contribution in [0.3, 0.4) is 0 Å². The zero-order chi connectivity index (χ0) is 16.6. The van der Waals surface area contributed by atoms with Gasteiger partial charge in [0.15, 0.2) is 0 Å². The summed E-state index contributed by atoms with van der Waals surface area (Å²) in [4.78, 5) is 19.0. The van der Waals surface area contributed by atoms with Gasteiger partial charge in [-0.1, -0.05) is 0 Å². The van der Waals surface area contributed by atoms with Crippen LogP contribution in [0.4, 0.5) is 4.39 Å². The van der Waals surface area contributed by atoms with Crippen molar-refractivity contribution < 1.29 is 19.0 Å². The van der Waals surface area contributed by atoms with Crippen LogP contribution in [0.25, 0.3) is 10.9 Å². The SMILES string of the molecule is Cc1cc(C(=O)N2CC(CO)OCC2C)c2ccc(F)cc2n1. The molecule has 0 aliphatic carbocycles. The summed E-state index contributed by atoms with van der Waals surface area (Å²) in [5, 5.41) is 9.91. The molecule has 1 aliphatic rings. The number of aromatic nitrogens is 1. The van der Waals surface area contributed by atoms with E-state index in [0.29, 0.717) is 35.3 Å². The van der Waals surface area contributed by atoms with E-state index < -0.39 is 0 Å². The van der Waals surface area contributed by atoms with Crippen LogP contribution in [-0.2, 0) is 4.74 Å². The molecule has 2 unspecified atom stereocenters. The molecule has 1 aromatic heterocycles. The fourth-order valence-electron chi connectivity index (χ4n) is 2.88. The molecular weight excluding hydrogens is 299 g/mol. The molecule has 0 spiro atoms. The lowest BCUT2D eigenvalue weighted by molar-refractivity contribution is -0.0666. The second-order valence-corrected chi connectivity index (χ2v) is 5.92. The number of ether oxygens (including phenoxy) is 1. The van der Waals surface area contributed by atoms with Gasteiger partial charge in [-0.25, -0.2) is 4.39 Å². The van der Waals surface area contributed by atoms with Gasteiger partial charge in [-0.15, -0.1) is 0 Å². The van der Waals surface area contributed by atoms with Crippen LogP contribution in [0.2, 0.25) is 0 Å². The monoisotopic (exact) mass is 318 g/mol. The predicted octanol–water partition coefficient (Wildman–Crippen LogP) is 1.90. The van der Waals surface area contributed by atoms with Gasteiger partial charge in [-0.2, -0.15) is 0 Å². The van der Waals surface area contributed by atoms with Crippen LogP contribution in [-0.4, -0.2) is 52.8 Å². The van der Waals surface area contributed by atoms with Gasteiger partial charge in [-0.05, 0) is 32.0 Å². The topological polar surface area (TPSA) is 62.7 Å². The second kappa shape index (κ2) is 6.22. The maximum absolute atomic E-state index is 13.4. The minimum atomic E-state index is -0.380. The number of halogens is 1. The highest BCUT2D eigenvalue weighted by molar-refractivity contribution is 6.06. The van der Waals surface area contributed by atoms with Crippen molar-refractivity contribution in [1.82, 2.24) is 9.88 Å². The number of fused-ring (bicyclic) bond motifs is 1. The summed E-state index contributed by atoms with van der Waals surface area (Å²) in [6, 6.07) is 5.88. The van der Waals surface area contributed by atoms with Crippen molar-refractivity contribution >= 4 is 16.8 Å². The maximum Gasteiger partial charge on any atom is 0.255 e. The molecule has 3 rings (SSSR count). The Hall–Kier alpha value is -2.05. The van der Waals surface area contributed by atoms with Crippen molar-refractivity contribution in [3.8, 4) is 0 Å². The molecule has 0 bridgehead atoms. The molecule has 2 aromatic rings. The lowest BCUT2D eigenvalue weighted by Crippen LogP contribution is -2.52. The Kier molecular flexibility index (Phi) is 4.28. The van der Waals surface area contributed by atoms with Crippen molar-refractivity contribution in [3.63, 3.8) is 0 Å². The third kappa shape index (κ3) is 3.04. The van der Waals surface area contributed by atoms with Crippen LogP contribution < -0.4 is 0 Å². The van der Waals surface area contributed by atoms with Gasteiger partial charge in [0.25, 0.3) is 5.91 Å². The fourth-order valence-corrected chi connectivity index (χ4v) is 2.88. The Labute approximate surface area is 133 Å². The maximum atomic E-state index is 13.4. The van der Waals surface area contributed by atoms with Gasteiger partial charge in [0.2, 0.25) is 0 Å². The van der Waals surface area contributed by atoms with Crippen molar-refractivity contribution in [2.45, 2.75) is 26.0 Å². The summed E-state index contributed by atoms with van der Waals surface area (Å²) in [6.45, 7) is 4.27. The number of hydrogen-bond donors (Lipinski definition) is 1.